The van der Waals surface area contributed by atoms with Crippen LogP contribution >= 0.6 is 11.6 Å². The first-order valence-electron chi connectivity index (χ1n) is 7.04. The van der Waals surface area contributed by atoms with Crippen LogP contribution in [0.2, 0.25) is 5.02 Å². The first-order chi connectivity index (χ1) is 10.9. The number of rotatable bonds is 7. The largest absolute Gasteiger partial charge is 0.389 e. The molecule has 0 N–H and O–H groups in total. The van der Waals surface area contributed by atoms with E-state index in [1.807, 2.05) is 6.92 Å². The molecule has 0 atom stereocenters. The lowest BCUT2D eigenvalue weighted by Gasteiger charge is -2.15. The van der Waals surface area contributed by atoms with Gasteiger partial charge in [0.15, 0.2) is 0 Å². The van der Waals surface area contributed by atoms with Gasteiger partial charge in [-0.15, -0.1) is 0 Å². The molecule has 2 aromatic heterocycles. The molecule has 1 amide bonds. The highest BCUT2D eigenvalue weighted by Crippen LogP contribution is 2.16. The van der Waals surface area contributed by atoms with Gasteiger partial charge < -0.3 is 15.0 Å². The average Bonchev–Trinajstić information content (AvgIpc) is 3.12. The first-order valence-corrected chi connectivity index (χ1v) is 7.42. The van der Waals surface area contributed by atoms with Crippen LogP contribution in [-0.2, 0) is 24.4 Å². The minimum atomic E-state index is -0.573. The molecule has 2 rings (SSSR count). The van der Waals surface area contributed by atoms with Gasteiger partial charge in [0.1, 0.15) is 5.69 Å². The van der Waals surface area contributed by atoms with Crippen LogP contribution in [0.3, 0.4) is 0 Å². The Hall–Kier alpha value is -2.42. The van der Waals surface area contributed by atoms with Crippen molar-refractivity contribution in [3.05, 3.63) is 39.3 Å². The van der Waals surface area contributed by atoms with E-state index in [9.17, 15) is 14.9 Å². The second kappa shape index (κ2) is 7.23. The number of hydrogen-bond acceptors (Lipinski definition) is 5. The van der Waals surface area contributed by atoms with Crippen molar-refractivity contribution < 1.29 is 9.72 Å². The van der Waals surface area contributed by atoms with E-state index in [-0.39, 0.29) is 24.7 Å². The van der Waals surface area contributed by atoms with Crippen LogP contribution in [0.1, 0.15) is 19.0 Å². The molecule has 0 saturated heterocycles. The van der Waals surface area contributed by atoms with E-state index < -0.39 is 4.92 Å². The van der Waals surface area contributed by atoms with E-state index in [1.54, 1.807) is 17.9 Å². The second-order valence-electron chi connectivity index (χ2n) is 4.97. The van der Waals surface area contributed by atoms with Gasteiger partial charge in [-0.1, -0.05) is 11.6 Å². The van der Waals surface area contributed by atoms with Crippen molar-refractivity contribution in [1.29, 1.82) is 0 Å². The number of aryl methyl sites for hydroxylation is 2. The van der Waals surface area contributed by atoms with Crippen LogP contribution in [0.5, 0.6) is 0 Å². The fourth-order valence-electron chi connectivity index (χ4n) is 1.99. The fourth-order valence-corrected chi connectivity index (χ4v) is 2.20. The number of aromatic nitrogens is 4. The Bertz CT molecular complexity index is 710. The lowest BCUT2D eigenvalue weighted by Crippen LogP contribution is -2.27. The molecule has 0 fully saturated rings. The number of halogens is 1. The summed E-state index contributed by atoms with van der Waals surface area (Å²) in [6, 6.07) is 1.30. The zero-order valence-electron chi connectivity index (χ0n) is 12.8. The molecular weight excluding hydrogens is 324 g/mol. The summed E-state index contributed by atoms with van der Waals surface area (Å²) < 4.78 is 3.08. The summed E-state index contributed by atoms with van der Waals surface area (Å²) in [6.45, 7) is 3.23. The fraction of sp³-hybridized carbons (Fsp3) is 0.462. The van der Waals surface area contributed by atoms with Crippen LogP contribution < -0.4 is 0 Å². The molecule has 0 bridgehead atoms. The maximum absolute atomic E-state index is 12.1. The highest BCUT2D eigenvalue weighted by molar-refractivity contribution is 6.31. The molecule has 0 aliphatic rings. The van der Waals surface area contributed by atoms with E-state index in [0.717, 1.165) is 0 Å². The standard InChI is InChI=1S/C13H17ClN6O3/c1-3-18-8-10(14)11(15-18)9-17(2)13(21)5-7-19-6-4-12(16-19)20(22)23/h4,6,8H,3,5,7,9H2,1-2H3. The van der Waals surface area contributed by atoms with Gasteiger partial charge in [-0.25, -0.2) is 0 Å². The van der Waals surface area contributed by atoms with Crippen LogP contribution in [0, 0.1) is 10.1 Å². The normalized spacial score (nSPS) is 10.7. The lowest BCUT2D eigenvalue weighted by molar-refractivity contribution is -0.389. The number of nitrogens with zero attached hydrogens (tertiary/aromatic N) is 6. The summed E-state index contributed by atoms with van der Waals surface area (Å²) in [4.78, 5) is 23.6. The van der Waals surface area contributed by atoms with Crippen molar-refractivity contribution in [2.24, 2.45) is 0 Å². The second-order valence-corrected chi connectivity index (χ2v) is 5.38. The maximum atomic E-state index is 12.1. The Kier molecular flexibility index (Phi) is 5.32. The molecule has 124 valence electrons. The van der Waals surface area contributed by atoms with Crippen molar-refractivity contribution in [3.63, 3.8) is 0 Å². The number of hydrogen-bond donors (Lipinski definition) is 0. The average molecular weight is 341 g/mol. The van der Waals surface area contributed by atoms with E-state index in [1.165, 1.54) is 21.8 Å². The first kappa shape index (κ1) is 16.9. The summed E-state index contributed by atoms with van der Waals surface area (Å²) >= 11 is 6.08. The van der Waals surface area contributed by atoms with Gasteiger partial charge in [0.2, 0.25) is 5.91 Å². The molecule has 9 nitrogen and oxygen atoms in total. The van der Waals surface area contributed by atoms with Crippen LogP contribution in [-0.4, -0.2) is 42.3 Å². The Morgan fingerprint density at radius 1 is 1.43 bits per heavy atom. The van der Waals surface area contributed by atoms with Gasteiger partial charge in [-0.2, -0.15) is 9.78 Å². The summed E-state index contributed by atoms with van der Waals surface area (Å²) in [5.74, 6) is -0.354. The summed E-state index contributed by atoms with van der Waals surface area (Å²) in [5.41, 5.74) is 0.638. The Morgan fingerprint density at radius 2 is 2.17 bits per heavy atom. The number of carbonyl (C=O) groups excluding carboxylic acids is 1. The third kappa shape index (κ3) is 4.28. The summed E-state index contributed by atoms with van der Waals surface area (Å²) in [7, 11) is 1.66. The van der Waals surface area contributed by atoms with E-state index >= 15 is 0 Å². The van der Waals surface area contributed by atoms with Crippen LogP contribution in [0.15, 0.2) is 18.5 Å². The van der Waals surface area contributed by atoms with Gasteiger partial charge in [-0.05, 0) is 11.8 Å². The number of nitro groups is 1. The van der Waals surface area contributed by atoms with E-state index in [4.69, 9.17) is 11.6 Å². The molecule has 0 aliphatic heterocycles. The van der Waals surface area contributed by atoms with Crippen molar-refractivity contribution in [3.8, 4) is 0 Å². The molecule has 10 heteroatoms. The zero-order valence-corrected chi connectivity index (χ0v) is 13.6. The number of carbonyl (C=O) groups is 1. The third-order valence-corrected chi connectivity index (χ3v) is 3.61. The molecule has 0 saturated carbocycles. The highest BCUT2D eigenvalue weighted by atomic mass is 35.5. The van der Waals surface area contributed by atoms with Gasteiger partial charge in [-0.3, -0.25) is 9.48 Å². The topological polar surface area (TPSA) is 99.1 Å². The molecule has 0 unspecified atom stereocenters. The third-order valence-electron chi connectivity index (χ3n) is 3.29. The Labute approximate surface area is 137 Å². The van der Waals surface area contributed by atoms with Gasteiger partial charge in [0, 0.05) is 26.2 Å². The van der Waals surface area contributed by atoms with Crippen molar-refractivity contribution >= 4 is 23.3 Å². The minimum absolute atomic E-state index is 0.120. The van der Waals surface area contributed by atoms with Crippen molar-refractivity contribution in [2.75, 3.05) is 7.05 Å². The Balaban J connectivity index is 1.89. The highest BCUT2D eigenvalue weighted by Gasteiger charge is 2.16. The predicted octanol–water partition coefficient (Wildman–Crippen LogP) is 1.71. The Morgan fingerprint density at radius 3 is 2.74 bits per heavy atom. The molecule has 2 heterocycles. The molecule has 0 aromatic carbocycles. The molecule has 0 aliphatic carbocycles. The molecule has 23 heavy (non-hydrogen) atoms. The van der Waals surface area contributed by atoms with E-state index in [0.29, 0.717) is 23.8 Å². The summed E-state index contributed by atoms with van der Waals surface area (Å²) in [5, 5.41) is 19.1. The van der Waals surface area contributed by atoms with Gasteiger partial charge in [0.25, 0.3) is 0 Å². The lowest BCUT2D eigenvalue weighted by atomic mass is 10.3. The minimum Gasteiger partial charge on any atom is -0.358 e. The maximum Gasteiger partial charge on any atom is 0.389 e. The zero-order chi connectivity index (χ0) is 17.0. The summed E-state index contributed by atoms with van der Waals surface area (Å²) in [6.07, 6.45) is 3.38. The SMILES string of the molecule is CCn1cc(Cl)c(CN(C)C(=O)CCn2ccc([N+](=O)[O-])n2)n1. The molecular formula is C13H17ClN6O3. The van der Waals surface area contributed by atoms with E-state index in [2.05, 4.69) is 10.2 Å². The van der Waals surface area contributed by atoms with Crippen LogP contribution in [0.4, 0.5) is 5.82 Å². The molecule has 2 aromatic rings. The van der Waals surface area contributed by atoms with Crippen LogP contribution in [0.25, 0.3) is 0 Å². The van der Waals surface area contributed by atoms with Crippen molar-refractivity contribution in [2.45, 2.75) is 33.0 Å². The van der Waals surface area contributed by atoms with Gasteiger partial charge >= 0.3 is 5.82 Å². The van der Waals surface area contributed by atoms with Crippen molar-refractivity contribution in [1.82, 2.24) is 24.5 Å². The molecule has 0 spiro atoms. The monoisotopic (exact) mass is 340 g/mol. The molecule has 0 radical (unpaired) electrons. The van der Waals surface area contributed by atoms with Gasteiger partial charge in [0.05, 0.1) is 35.5 Å². The predicted molar refractivity (Wildman–Crippen MR) is 82.9 cm³/mol. The quantitative estimate of drug-likeness (QED) is 0.564. The smallest absolute Gasteiger partial charge is 0.358 e. The number of amides is 1.